The maximum Gasteiger partial charge on any atom is 0.153 e. The minimum Gasteiger partial charge on any atom is -0.378 e. The molecule has 0 bridgehead atoms. The molecule has 1 unspecified atom stereocenters. The molecule has 0 radical (unpaired) electrons. The highest BCUT2D eigenvalue weighted by Crippen LogP contribution is 2.37. The number of rotatable bonds is 4. The van der Waals surface area contributed by atoms with E-state index in [2.05, 4.69) is 15.2 Å². The highest BCUT2D eigenvalue weighted by molar-refractivity contribution is 5.05. The van der Waals surface area contributed by atoms with Crippen LogP contribution in [0.3, 0.4) is 0 Å². The first-order valence-electron chi connectivity index (χ1n) is 6.44. The van der Waals surface area contributed by atoms with E-state index in [0.717, 1.165) is 31.1 Å². The van der Waals surface area contributed by atoms with Crippen LogP contribution in [0.1, 0.15) is 56.1 Å². The zero-order valence-corrected chi connectivity index (χ0v) is 9.61. The Morgan fingerprint density at radius 2 is 2.19 bits per heavy atom. The van der Waals surface area contributed by atoms with Crippen LogP contribution in [0.25, 0.3) is 0 Å². The van der Waals surface area contributed by atoms with E-state index in [1.165, 1.54) is 32.1 Å². The zero-order chi connectivity index (χ0) is 10.8. The van der Waals surface area contributed by atoms with Crippen molar-refractivity contribution in [1.82, 2.24) is 15.2 Å². The smallest absolute Gasteiger partial charge is 0.153 e. The van der Waals surface area contributed by atoms with Gasteiger partial charge in [-0.3, -0.25) is 5.10 Å². The van der Waals surface area contributed by atoms with Crippen molar-refractivity contribution >= 4 is 0 Å². The summed E-state index contributed by atoms with van der Waals surface area (Å²) in [4.78, 5) is 4.53. The highest BCUT2D eigenvalue weighted by Gasteiger charge is 2.27. The molecule has 1 aliphatic heterocycles. The number of hydrogen-bond donors (Lipinski definition) is 1. The number of aromatic nitrogens is 3. The van der Waals surface area contributed by atoms with Gasteiger partial charge >= 0.3 is 0 Å². The van der Waals surface area contributed by atoms with Gasteiger partial charge in [0.05, 0.1) is 6.10 Å². The van der Waals surface area contributed by atoms with Gasteiger partial charge in [-0.25, -0.2) is 4.98 Å². The molecule has 2 aliphatic rings. The lowest BCUT2D eigenvalue weighted by molar-refractivity contribution is 0.0112. The maximum absolute atomic E-state index is 5.70. The molecule has 0 spiro atoms. The summed E-state index contributed by atoms with van der Waals surface area (Å²) in [5.41, 5.74) is 0. The van der Waals surface area contributed by atoms with Gasteiger partial charge in [0.1, 0.15) is 5.82 Å². The number of nitrogens with one attached hydrogen (secondary N) is 1. The normalized spacial score (nSPS) is 25.9. The molecule has 1 saturated carbocycles. The molecule has 1 aromatic heterocycles. The summed E-state index contributed by atoms with van der Waals surface area (Å²) in [6, 6.07) is 0. The van der Waals surface area contributed by atoms with Gasteiger partial charge in [0, 0.05) is 18.9 Å². The first kappa shape index (κ1) is 10.3. The Morgan fingerprint density at radius 3 is 2.94 bits per heavy atom. The zero-order valence-electron chi connectivity index (χ0n) is 9.61. The summed E-state index contributed by atoms with van der Waals surface area (Å²) in [7, 11) is 0. The lowest BCUT2D eigenvalue weighted by atomic mass is 10.0. The van der Waals surface area contributed by atoms with E-state index < -0.39 is 0 Å². The van der Waals surface area contributed by atoms with E-state index in [-0.39, 0.29) is 0 Å². The third-order valence-electron chi connectivity index (χ3n) is 3.47. The Balaban J connectivity index is 1.49. The summed E-state index contributed by atoms with van der Waals surface area (Å²) in [5.74, 6) is 2.71. The van der Waals surface area contributed by atoms with E-state index in [1.54, 1.807) is 0 Å². The standard InChI is InChI=1S/C12H19N3O/c1-2-8-16-10(3-1)6-7-11-13-12(15-14-11)9-4-5-9/h9-10H,1-8H2,(H,13,14,15). The van der Waals surface area contributed by atoms with E-state index in [1.807, 2.05) is 0 Å². The molecule has 0 amide bonds. The number of H-pyrrole nitrogens is 1. The second kappa shape index (κ2) is 4.53. The largest absolute Gasteiger partial charge is 0.378 e. The van der Waals surface area contributed by atoms with Gasteiger partial charge in [-0.05, 0) is 38.5 Å². The highest BCUT2D eigenvalue weighted by atomic mass is 16.5. The van der Waals surface area contributed by atoms with E-state index in [9.17, 15) is 0 Å². The molecule has 1 saturated heterocycles. The van der Waals surface area contributed by atoms with Gasteiger partial charge in [0.25, 0.3) is 0 Å². The van der Waals surface area contributed by atoms with Crippen LogP contribution in [0.15, 0.2) is 0 Å². The number of ether oxygens (including phenoxy) is 1. The van der Waals surface area contributed by atoms with Crippen LogP contribution in [0.5, 0.6) is 0 Å². The van der Waals surface area contributed by atoms with Crippen molar-refractivity contribution in [1.29, 1.82) is 0 Å². The van der Waals surface area contributed by atoms with Crippen LogP contribution in [0.2, 0.25) is 0 Å². The first-order chi connectivity index (χ1) is 7.92. The van der Waals surface area contributed by atoms with Gasteiger partial charge in [0.2, 0.25) is 0 Å². The molecule has 1 atom stereocenters. The Kier molecular flexibility index (Phi) is 2.91. The van der Waals surface area contributed by atoms with Crippen LogP contribution in [-0.2, 0) is 11.2 Å². The summed E-state index contributed by atoms with van der Waals surface area (Å²) in [6.07, 6.45) is 8.79. The first-order valence-corrected chi connectivity index (χ1v) is 6.44. The summed E-state index contributed by atoms with van der Waals surface area (Å²) in [5, 5.41) is 7.32. The van der Waals surface area contributed by atoms with Gasteiger partial charge in [-0.1, -0.05) is 0 Å². The number of aryl methyl sites for hydroxylation is 1. The van der Waals surface area contributed by atoms with Gasteiger partial charge in [-0.2, -0.15) is 5.10 Å². The van der Waals surface area contributed by atoms with Crippen molar-refractivity contribution in [3.05, 3.63) is 11.6 Å². The monoisotopic (exact) mass is 221 g/mol. The Morgan fingerprint density at radius 1 is 1.25 bits per heavy atom. The number of nitrogens with zero attached hydrogens (tertiary/aromatic N) is 2. The molecule has 16 heavy (non-hydrogen) atoms. The maximum atomic E-state index is 5.70. The molecule has 3 rings (SSSR count). The topological polar surface area (TPSA) is 50.8 Å². The van der Waals surface area contributed by atoms with Crippen LogP contribution in [0.4, 0.5) is 0 Å². The third-order valence-corrected chi connectivity index (χ3v) is 3.47. The van der Waals surface area contributed by atoms with Gasteiger partial charge < -0.3 is 4.74 Å². The molecule has 1 aromatic rings. The molecule has 1 N–H and O–H groups in total. The second-order valence-corrected chi connectivity index (χ2v) is 4.94. The van der Waals surface area contributed by atoms with E-state index in [4.69, 9.17) is 4.74 Å². The van der Waals surface area contributed by atoms with Crippen molar-refractivity contribution in [2.24, 2.45) is 0 Å². The molecular formula is C12H19N3O. The van der Waals surface area contributed by atoms with Crippen molar-refractivity contribution in [2.75, 3.05) is 6.61 Å². The Bertz CT molecular complexity index is 340. The van der Waals surface area contributed by atoms with Crippen LogP contribution in [-0.4, -0.2) is 27.9 Å². The lowest BCUT2D eigenvalue weighted by Gasteiger charge is -2.21. The average molecular weight is 221 g/mol. The van der Waals surface area contributed by atoms with Crippen LogP contribution < -0.4 is 0 Å². The summed E-state index contributed by atoms with van der Waals surface area (Å²) in [6.45, 7) is 0.939. The quantitative estimate of drug-likeness (QED) is 0.847. The molecule has 88 valence electrons. The predicted molar refractivity (Wildman–Crippen MR) is 60.3 cm³/mol. The van der Waals surface area contributed by atoms with Crippen molar-refractivity contribution in [2.45, 2.75) is 57.0 Å². The molecule has 2 heterocycles. The van der Waals surface area contributed by atoms with E-state index >= 15 is 0 Å². The minimum absolute atomic E-state index is 0.447. The second-order valence-electron chi connectivity index (χ2n) is 4.94. The SMILES string of the molecule is C1CCC(CCc2nc(C3CC3)n[nH]2)OC1. The summed E-state index contributed by atoms with van der Waals surface area (Å²) >= 11 is 0. The van der Waals surface area contributed by atoms with Crippen molar-refractivity contribution in [3.8, 4) is 0 Å². The lowest BCUT2D eigenvalue weighted by Crippen LogP contribution is -2.19. The van der Waals surface area contributed by atoms with Crippen molar-refractivity contribution in [3.63, 3.8) is 0 Å². The van der Waals surface area contributed by atoms with Crippen LogP contribution >= 0.6 is 0 Å². The molecule has 4 heteroatoms. The van der Waals surface area contributed by atoms with Gasteiger partial charge in [0.15, 0.2) is 5.82 Å². The fourth-order valence-electron chi connectivity index (χ4n) is 2.28. The molecule has 0 aromatic carbocycles. The number of hydrogen-bond acceptors (Lipinski definition) is 3. The fraction of sp³-hybridized carbons (Fsp3) is 0.833. The molecular weight excluding hydrogens is 202 g/mol. The molecule has 2 fully saturated rings. The molecule has 4 nitrogen and oxygen atoms in total. The Hall–Kier alpha value is -0.900. The minimum atomic E-state index is 0.447. The molecule has 1 aliphatic carbocycles. The van der Waals surface area contributed by atoms with E-state index in [0.29, 0.717) is 12.0 Å². The fourth-order valence-corrected chi connectivity index (χ4v) is 2.28. The number of aromatic amines is 1. The van der Waals surface area contributed by atoms with Gasteiger partial charge in [-0.15, -0.1) is 0 Å². The Labute approximate surface area is 95.8 Å². The summed E-state index contributed by atoms with van der Waals surface area (Å²) < 4.78 is 5.70. The van der Waals surface area contributed by atoms with Crippen molar-refractivity contribution < 1.29 is 4.74 Å². The van der Waals surface area contributed by atoms with Crippen LogP contribution in [0, 0.1) is 0 Å². The predicted octanol–water partition coefficient (Wildman–Crippen LogP) is 2.18. The third kappa shape index (κ3) is 2.43. The average Bonchev–Trinajstić information content (AvgIpc) is 3.08.